The van der Waals surface area contributed by atoms with Crippen LogP contribution in [-0.2, 0) is 6.54 Å². The molecule has 0 saturated heterocycles. The molecule has 118 valence electrons. The summed E-state index contributed by atoms with van der Waals surface area (Å²) in [7, 11) is 0. The molecule has 8 heteroatoms. The Morgan fingerprint density at radius 1 is 1.30 bits per heavy atom. The van der Waals surface area contributed by atoms with Gasteiger partial charge in [0.1, 0.15) is 22.3 Å². The average Bonchev–Trinajstić information content (AvgIpc) is 3.03. The zero-order chi connectivity index (χ0) is 16.4. The molecule has 0 radical (unpaired) electrons. The largest absolute Gasteiger partial charge is 0.467 e. The van der Waals surface area contributed by atoms with Crippen LogP contribution in [0.5, 0.6) is 0 Å². The summed E-state index contributed by atoms with van der Waals surface area (Å²) in [6.07, 6.45) is 2.81. The maximum absolute atomic E-state index is 13.8. The molecule has 0 amide bonds. The fourth-order valence-electron chi connectivity index (χ4n) is 1.98. The van der Waals surface area contributed by atoms with Crippen molar-refractivity contribution in [1.82, 2.24) is 9.78 Å². The van der Waals surface area contributed by atoms with Crippen molar-refractivity contribution >= 4 is 17.3 Å². The molecule has 0 aliphatic rings. The zero-order valence-corrected chi connectivity index (χ0v) is 12.3. The predicted molar refractivity (Wildman–Crippen MR) is 80.8 cm³/mol. The van der Waals surface area contributed by atoms with E-state index in [-0.39, 0.29) is 16.4 Å². The Morgan fingerprint density at radius 2 is 2.13 bits per heavy atom. The minimum Gasteiger partial charge on any atom is -0.467 e. The van der Waals surface area contributed by atoms with E-state index in [1.54, 1.807) is 12.1 Å². The van der Waals surface area contributed by atoms with Crippen molar-refractivity contribution in [3.05, 3.63) is 75.6 Å². The van der Waals surface area contributed by atoms with Gasteiger partial charge in [-0.2, -0.15) is 9.78 Å². The molecule has 2 aromatic heterocycles. The molecule has 0 fully saturated rings. The van der Waals surface area contributed by atoms with Gasteiger partial charge in [-0.05, 0) is 24.3 Å². The lowest BCUT2D eigenvalue weighted by Crippen LogP contribution is -2.23. The summed E-state index contributed by atoms with van der Waals surface area (Å²) in [4.78, 5) is 12.2. The highest BCUT2D eigenvalue weighted by molar-refractivity contribution is 6.32. The van der Waals surface area contributed by atoms with Crippen LogP contribution in [0.2, 0.25) is 5.02 Å². The standard InChI is InChI=1S/C15H10ClF2N3O2/c16-14-12(19-7-10-2-1-5-23-10)8-20-21(15(14)22)13-4-3-9(17)6-11(13)18/h1-6,8,19H,7H2. The molecule has 3 rings (SSSR count). The van der Waals surface area contributed by atoms with E-state index in [2.05, 4.69) is 10.4 Å². The highest BCUT2D eigenvalue weighted by Gasteiger charge is 2.14. The van der Waals surface area contributed by atoms with Gasteiger partial charge in [0, 0.05) is 6.07 Å². The van der Waals surface area contributed by atoms with Gasteiger partial charge in [-0.1, -0.05) is 11.6 Å². The quantitative estimate of drug-likeness (QED) is 0.793. The Kier molecular flexibility index (Phi) is 4.12. The summed E-state index contributed by atoms with van der Waals surface area (Å²) >= 11 is 6.01. The van der Waals surface area contributed by atoms with Gasteiger partial charge in [0.25, 0.3) is 5.56 Å². The first-order chi connectivity index (χ1) is 11.1. The number of nitrogens with one attached hydrogen (secondary N) is 1. The Bertz CT molecular complexity index is 894. The zero-order valence-electron chi connectivity index (χ0n) is 11.6. The molecule has 3 aromatic rings. The maximum atomic E-state index is 13.8. The SMILES string of the molecule is O=c1c(Cl)c(NCc2ccco2)cnn1-c1ccc(F)cc1F. The Morgan fingerprint density at radius 3 is 2.83 bits per heavy atom. The van der Waals surface area contributed by atoms with Crippen LogP contribution >= 0.6 is 11.6 Å². The van der Waals surface area contributed by atoms with Gasteiger partial charge in [0.05, 0.1) is 24.7 Å². The highest BCUT2D eigenvalue weighted by atomic mass is 35.5. The van der Waals surface area contributed by atoms with Crippen molar-refractivity contribution in [2.75, 3.05) is 5.32 Å². The third-order valence-corrected chi connectivity index (χ3v) is 3.46. The minimum absolute atomic E-state index is 0.157. The second-order valence-corrected chi connectivity index (χ2v) is 5.00. The predicted octanol–water partition coefficient (Wildman–Crippen LogP) is 3.37. The Hall–Kier alpha value is -2.67. The molecule has 0 saturated carbocycles. The molecule has 0 aliphatic heterocycles. The fourth-order valence-corrected chi connectivity index (χ4v) is 2.17. The number of aromatic nitrogens is 2. The second-order valence-electron chi connectivity index (χ2n) is 4.62. The van der Waals surface area contributed by atoms with Crippen molar-refractivity contribution in [3.8, 4) is 5.69 Å². The van der Waals surface area contributed by atoms with Crippen molar-refractivity contribution in [2.24, 2.45) is 0 Å². The van der Waals surface area contributed by atoms with Gasteiger partial charge in [0.2, 0.25) is 0 Å². The normalized spacial score (nSPS) is 10.7. The summed E-state index contributed by atoms with van der Waals surface area (Å²) in [6.45, 7) is 0.308. The smallest absolute Gasteiger partial charge is 0.292 e. The van der Waals surface area contributed by atoms with E-state index in [0.29, 0.717) is 18.4 Å². The number of hydrogen-bond acceptors (Lipinski definition) is 4. The van der Waals surface area contributed by atoms with Crippen LogP contribution in [-0.4, -0.2) is 9.78 Å². The highest BCUT2D eigenvalue weighted by Crippen LogP contribution is 2.19. The Labute approximate surface area is 134 Å². The third-order valence-electron chi connectivity index (χ3n) is 3.09. The first-order valence-corrected chi connectivity index (χ1v) is 6.93. The van der Waals surface area contributed by atoms with Gasteiger partial charge >= 0.3 is 0 Å². The van der Waals surface area contributed by atoms with Crippen molar-refractivity contribution < 1.29 is 13.2 Å². The van der Waals surface area contributed by atoms with Crippen LogP contribution in [0.3, 0.4) is 0 Å². The first kappa shape index (κ1) is 15.2. The molecule has 2 heterocycles. The molecule has 0 atom stereocenters. The number of benzene rings is 1. The van der Waals surface area contributed by atoms with Gasteiger partial charge in [-0.25, -0.2) is 8.78 Å². The number of hydrogen-bond donors (Lipinski definition) is 1. The molecule has 0 spiro atoms. The number of nitrogens with zero attached hydrogens (tertiary/aromatic N) is 2. The van der Waals surface area contributed by atoms with Gasteiger partial charge in [-0.3, -0.25) is 4.79 Å². The molecule has 1 N–H and O–H groups in total. The molecule has 0 unspecified atom stereocenters. The molecule has 1 aromatic carbocycles. The molecule has 0 bridgehead atoms. The van der Waals surface area contributed by atoms with E-state index in [1.165, 1.54) is 12.5 Å². The molecule has 5 nitrogen and oxygen atoms in total. The van der Waals surface area contributed by atoms with E-state index in [4.69, 9.17) is 16.0 Å². The molecular weight excluding hydrogens is 328 g/mol. The maximum Gasteiger partial charge on any atom is 0.292 e. The third kappa shape index (κ3) is 3.09. The number of rotatable bonds is 4. The first-order valence-electron chi connectivity index (χ1n) is 6.56. The van der Waals surface area contributed by atoms with Gasteiger partial charge < -0.3 is 9.73 Å². The van der Waals surface area contributed by atoms with Crippen LogP contribution in [0.1, 0.15) is 5.76 Å². The number of halogens is 3. The average molecular weight is 338 g/mol. The topological polar surface area (TPSA) is 60.1 Å². The summed E-state index contributed by atoms with van der Waals surface area (Å²) in [5.74, 6) is -1.01. The number of anilines is 1. The van der Waals surface area contributed by atoms with Crippen LogP contribution in [0.15, 0.2) is 52.0 Å². The summed E-state index contributed by atoms with van der Waals surface area (Å²) in [5, 5.41) is 6.61. The summed E-state index contributed by atoms with van der Waals surface area (Å²) < 4.78 is 32.6. The lowest BCUT2D eigenvalue weighted by atomic mass is 10.3. The van der Waals surface area contributed by atoms with E-state index >= 15 is 0 Å². The second kappa shape index (κ2) is 6.21. The van der Waals surface area contributed by atoms with E-state index < -0.39 is 17.2 Å². The fraction of sp³-hybridized carbons (Fsp3) is 0.0667. The van der Waals surface area contributed by atoms with Crippen LogP contribution in [0.25, 0.3) is 5.69 Å². The Balaban J connectivity index is 1.92. The molecule has 23 heavy (non-hydrogen) atoms. The van der Waals surface area contributed by atoms with Gasteiger partial charge in [0.15, 0.2) is 5.82 Å². The van der Waals surface area contributed by atoms with Crippen LogP contribution in [0.4, 0.5) is 14.5 Å². The monoisotopic (exact) mass is 337 g/mol. The lowest BCUT2D eigenvalue weighted by Gasteiger charge is -2.10. The van der Waals surface area contributed by atoms with Crippen molar-refractivity contribution in [3.63, 3.8) is 0 Å². The van der Waals surface area contributed by atoms with E-state index in [0.717, 1.165) is 16.8 Å². The minimum atomic E-state index is -0.910. The van der Waals surface area contributed by atoms with E-state index in [1.807, 2.05) is 0 Å². The number of furan rings is 1. The van der Waals surface area contributed by atoms with E-state index in [9.17, 15) is 13.6 Å². The molecule has 0 aliphatic carbocycles. The summed E-state index contributed by atoms with van der Waals surface area (Å²) in [6, 6.07) is 6.30. The van der Waals surface area contributed by atoms with Crippen LogP contribution in [0, 0.1) is 11.6 Å². The van der Waals surface area contributed by atoms with Crippen LogP contribution < -0.4 is 10.9 Å². The van der Waals surface area contributed by atoms with Gasteiger partial charge in [-0.15, -0.1) is 0 Å². The molecular formula is C15H10ClF2N3O2. The lowest BCUT2D eigenvalue weighted by molar-refractivity contribution is 0.518. The summed E-state index contributed by atoms with van der Waals surface area (Å²) in [5.41, 5.74) is -0.621. The van der Waals surface area contributed by atoms with Crippen molar-refractivity contribution in [1.29, 1.82) is 0 Å². The van der Waals surface area contributed by atoms with Crippen molar-refractivity contribution in [2.45, 2.75) is 6.54 Å².